The smallest absolute Gasteiger partial charge is 0.225 e. The maximum Gasteiger partial charge on any atom is 0.225 e. The Kier molecular flexibility index (Phi) is 3.11. The highest BCUT2D eigenvalue weighted by atomic mass is 79.9. The lowest BCUT2D eigenvalue weighted by molar-refractivity contribution is 0.456. The van der Waals surface area contributed by atoms with Gasteiger partial charge in [-0.3, -0.25) is 0 Å². The highest BCUT2D eigenvalue weighted by Crippen LogP contribution is 2.32. The summed E-state index contributed by atoms with van der Waals surface area (Å²) in [5, 5.41) is 2.34. The summed E-state index contributed by atoms with van der Waals surface area (Å²) in [4.78, 5) is 8.62. The molecule has 1 aromatic heterocycles. The predicted molar refractivity (Wildman–Crippen MR) is 85.8 cm³/mol. The molecule has 0 radical (unpaired) electrons. The van der Waals surface area contributed by atoms with E-state index in [-0.39, 0.29) is 0 Å². The van der Waals surface area contributed by atoms with Crippen LogP contribution >= 0.6 is 15.9 Å². The largest absolute Gasteiger partial charge is 0.439 e. The van der Waals surface area contributed by atoms with Crippen LogP contribution in [-0.2, 0) is 12.8 Å². The zero-order valence-corrected chi connectivity index (χ0v) is 12.9. The van der Waals surface area contributed by atoms with Crippen LogP contribution in [0.2, 0.25) is 0 Å². The molecule has 3 nitrogen and oxygen atoms in total. The first-order valence-electron chi connectivity index (χ1n) is 6.99. The molecule has 0 saturated heterocycles. The molecule has 4 heteroatoms. The second-order valence-corrected chi connectivity index (χ2v) is 6.13. The van der Waals surface area contributed by atoms with Crippen LogP contribution in [-0.4, -0.2) is 9.97 Å². The van der Waals surface area contributed by atoms with Crippen LogP contribution in [0.15, 0.2) is 47.2 Å². The van der Waals surface area contributed by atoms with E-state index in [0.29, 0.717) is 5.88 Å². The highest BCUT2D eigenvalue weighted by molar-refractivity contribution is 9.10. The molecule has 0 fully saturated rings. The summed E-state index contributed by atoms with van der Waals surface area (Å²) in [7, 11) is 0. The van der Waals surface area contributed by atoms with Crippen molar-refractivity contribution in [1.82, 2.24) is 9.97 Å². The number of hydrogen-bond acceptors (Lipinski definition) is 3. The number of hydrogen-bond donors (Lipinski definition) is 0. The van der Waals surface area contributed by atoms with Gasteiger partial charge >= 0.3 is 0 Å². The minimum Gasteiger partial charge on any atom is -0.439 e. The molecule has 21 heavy (non-hydrogen) atoms. The van der Waals surface area contributed by atoms with Gasteiger partial charge in [0.2, 0.25) is 5.88 Å². The van der Waals surface area contributed by atoms with Gasteiger partial charge in [-0.2, -0.15) is 0 Å². The van der Waals surface area contributed by atoms with Gasteiger partial charge < -0.3 is 4.74 Å². The van der Waals surface area contributed by atoms with Crippen LogP contribution in [0.25, 0.3) is 10.8 Å². The van der Waals surface area contributed by atoms with Gasteiger partial charge in [0.25, 0.3) is 0 Å². The van der Waals surface area contributed by atoms with Crippen LogP contribution in [0, 0.1) is 0 Å². The van der Waals surface area contributed by atoms with E-state index >= 15 is 0 Å². The molecule has 0 N–H and O–H groups in total. The fourth-order valence-electron chi connectivity index (χ4n) is 2.79. The highest BCUT2D eigenvalue weighted by Gasteiger charge is 2.18. The van der Waals surface area contributed by atoms with Crippen LogP contribution in [0.4, 0.5) is 0 Å². The van der Waals surface area contributed by atoms with Crippen molar-refractivity contribution in [2.75, 3.05) is 0 Å². The van der Waals surface area contributed by atoms with E-state index in [2.05, 4.69) is 44.1 Å². The van der Waals surface area contributed by atoms with Crippen molar-refractivity contribution in [1.29, 1.82) is 0 Å². The minimum atomic E-state index is 0.703. The van der Waals surface area contributed by atoms with E-state index in [1.54, 1.807) is 6.33 Å². The molecule has 1 aliphatic rings. The number of fused-ring (bicyclic) bond motifs is 2. The van der Waals surface area contributed by atoms with Gasteiger partial charge in [-0.1, -0.05) is 28.1 Å². The summed E-state index contributed by atoms with van der Waals surface area (Å²) in [5.41, 5.74) is 2.29. The lowest BCUT2D eigenvalue weighted by Crippen LogP contribution is -1.96. The van der Waals surface area contributed by atoms with Crippen LogP contribution in [0.1, 0.15) is 17.7 Å². The molecule has 0 bridgehead atoms. The Morgan fingerprint density at radius 1 is 0.952 bits per heavy atom. The molecule has 1 aliphatic carbocycles. The number of halogens is 1. The molecule has 4 rings (SSSR count). The van der Waals surface area contributed by atoms with E-state index in [1.807, 2.05) is 18.2 Å². The summed E-state index contributed by atoms with van der Waals surface area (Å²) >= 11 is 3.49. The first-order chi connectivity index (χ1) is 10.3. The first kappa shape index (κ1) is 12.8. The third-order valence-electron chi connectivity index (χ3n) is 3.82. The molecule has 0 amide bonds. The summed E-state index contributed by atoms with van der Waals surface area (Å²) in [6, 6.07) is 12.3. The monoisotopic (exact) mass is 340 g/mol. The second kappa shape index (κ2) is 5.11. The van der Waals surface area contributed by atoms with Crippen molar-refractivity contribution in [2.45, 2.75) is 19.3 Å². The molecule has 0 unspecified atom stereocenters. The number of aromatic nitrogens is 2. The molecule has 0 spiro atoms. The maximum atomic E-state index is 6.00. The van der Waals surface area contributed by atoms with Gasteiger partial charge in [-0.25, -0.2) is 9.97 Å². The Morgan fingerprint density at radius 3 is 2.76 bits per heavy atom. The molecule has 1 heterocycles. The normalized spacial score (nSPS) is 13.4. The Balaban J connectivity index is 1.71. The van der Waals surface area contributed by atoms with E-state index in [1.165, 1.54) is 5.39 Å². The Labute approximate surface area is 131 Å². The van der Waals surface area contributed by atoms with Crippen molar-refractivity contribution < 1.29 is 4.74 Å². The van der Waals surface area contributed by atoms with Crippen molar-refractivity contribution in [3.8, 4) is 11.6 Å². The van der Waals surface area contributed by atoms with Crippen molar-refractivity contribution in [2.24, 2.45) is 0 Å². The van der Waals surface area contributed by atoms with Crippen LogP contribution in [0.5, 0.6) is 11.6 Å². The average molecular weight is 341 g/mol. The van der Waals surface area contributed by atoms with Gasteiger partial charge in [-0.15, -0.1) is 0 Å². The second-order valence-electron chi connectivity index (χ2n) is 5.21. The SMILES string of the molecule is Brc1ccc2cc(Oc3ncnc4c3CCC4)ccc2c1. The van der Waals surface area contributed by atoms with Crippen LogP contribution < -0.4 is 4.74 Å². The van der Waals surface area contributed by atoms with E-state index < -0.39 is 0 Å². The van der Waals surface area contributed by atoms with E-state index in [4.69, 9.17) is 4.74 Å². The van der Waals surface area contributed by atoms with E-state index in [0.717, 1.165) is 46.1 Å². The number of rotatable bonds is 2. The van der Waals surface area contributed by atoms with Gasteiger partial charge in [0.1, 0.15) is 12.1 Å². The third-order valence-corrected chi connectivity index (χ3v) is 4.32. The fraction of sp³-hybridized carbons (Fsp3) is 0.176. The van der Waals surface area contributed by atoms with Gasteiger partial charge in [-0.05, 0) is 54.3 Å². The molecule has 0 atom stereocenters. The fourth-order valence-corrected chi connectivity index (χ4v) is 3.17. The van der Waals surface area contributed by atoms with Gasteiger partial charge in [0.15, 0.2) is 0 Å². The standard InChI is InChI=1S/C17H13BrN2O/c18-13-6-4-12-9-14(7-5-11(12)8-13)21-17-15-2-1-3-16(15)19-10-20-17/h4-10H,1-3H2. The molecule has 104 valence electrons. The first-order valence-corrected chi connectivity index (χ1v) is 7.79. The molecule has 3 aromatic rings. The molecular weight excluding hydrogens is 328 g/mol. The summed E-state index contributed by atoms with van der Waals surface area (Å²) in [5.74, 6) is 1.52. The molecule has 0 saturated carbocycles. The zero-order valence-electron chi connectivity index (χ0n) is 11.3. The lowest BCUT2D eigenvalue weighted by atomic mass is 10.1. The minimum absolute atomic E-state index is 0.703. The number of ether oxygens (including phenoxy) is 1. The molecule has 2 aromatic carbocycles. The predicted octanol–water partition coefficient (Wildman–Crippen LogP) is 4.67. The maximum absolute atomic E-state index is 6.00. The average Bonchev–Trinajstić information content (AvgIpc) is 2.97. The quantitative estimate of drug-likeness (QED) is 0.679. The topological polar surface area (TPSA) is 35.0 Å². The van der Waals surface area contributed by atoms with E-state index in [9.17, 15) is 0 Å². The summed E-state index contributed by atoms with van der Waals surface area (Å²) in [6.07, 6.45) is 4.76. The van der Waals surface area contributed by atoms with Crippen molar-refractivity contribution in [3.63, 3.8) is 0 Å². The zero-order chi connectivity index (χ0) is 14.2. The van der Waals surface area contributed by atoms with Gasteiger partial charge in [0, 0.05) is 10.0 Å². The Bertz CT molecular complexity index is 832. The Hall–Kier alpha value is -1.94. The number of benzene rings is 2. The molecule has 0 aliphatic heterocycles. The third kappa shape index (κ3) is 2.40. The Morgan fingerprint density at radius 2 is 1.81 bits per heavy atom. The van der Waals surface area contributed by atoms with Crippen molar-refractivity contribution in [3.05, 3.63) is 58.5 Å². The lowest BCUT2D eigenvalue weighted by Gasteiger charge is -2.09. The van der Waals surface area contributed by atoms with Crippen molar-refractivity contribution >= 4 is 26.7 Å². The summed E-state index contributed by atoms with van der Waals surface area (Å²) in [6.45, 7) is 0. The number of aryl methyl sites for hydroxylation is 1. The molecular formula is C17H13BrN2O. The summed E-state index contributed by atoms with van der Waals surface area (Å²) < 4.78 is 7.08. The van der Waals surface area contributed by atoms with Gasteiger partial charge in [0.05, 0.1) is 5.69 Å². The number of nitrogens with zero attached hydrogens (tertiary/aromatic N) is 2. The van der Waals surface area contributed by atoms with Crippen LogP contribution in [0.3, 0.4) is 0 Å².